The molecule has 0 aromatic carbocycles. The van der Waals surface area contributed by atoms with Gasteiger partial charge in [0.2, 0.25) is 6.29 Å². The first-order chi connectivity index (χ1) is 7.38. The van der Waals surface area contributed by atoms with Crippen molar-refractivity contribution in [3.8, 4) is 0 Å². The van der Waals surface area contributed by atoms with E-state index in [0.29, 0.717) is 5.92 Å². The van der Waals surface area contributed by atoms with Crippen LogP contribution in [-0.4, -0.2) is 19.4 Å². The molecule has 0 amide bonds. The lowest BCUT2D eigenvalue weighted by molar-refractivity contribution is 0.423. The van der Waals surface area contributed by atoms with Crippen LogP contribution in [0.5, 0.6) is 0 Å². The van der Waals surface area contributed by atoms with Crippen LogP contribution >= 0.6 is 0 Å². The third kappa shape index (κ3) is 4.78. The quantitative estimate of drug-likeness (QED) is 0.624. The van der Waals surface area contributed by atoms with Crippen molar-refractivity contribution >= 4 is 6.29 Å². The number of carbonyl (C=O) groups excluding carboxylic acids is 1. The summed E-state index contributed by atoms with van der Waals surface area (Å²) in [6.07, 6.45) is 11.4. The van der Waals surface area contributed by atoms with Gasteiger partial charge in [-0.2, -0.15) is 0 Å². The number of hydrogen-bond donors (Lipinski definition) is 1. The zero-order chi connectivity index (χ0) is 10.9. The van der Waals surface area contributed by atoms with E-state index >= 15 is 0 Å². The van der Waals surface area contributed by atoms with Crippen LogP contribution in [0.15, 0.2) is 0 Å². The average Bonchev–Trinajstić information content (AvgIpc) is 2.70. The Balaban J connectivity index is 1.97. The van der Waals surface area contributed by atoms with Gasteiger partial charge in [0.05, 0.1) is 0 Å². The lowest BCUT2D eigenvalue weighted by Crippen LogP contribution is -2.13. The largest absolute Gasteiger partial charge is 0.316 e. The maximum absolute atomic E-state index is 10.6. The summed E-state index contributed by atoms with van der Waals surface area (Å²) in [5, 5.41) is 3.27. The van der Waals surface area contributed by atoms with Gasteiger partial charge in [-0.15, -0.1) is 0 Å². The number of hydrogen-bond acceptors (Lipinski definition) is 2. The molecule has 15 heavy (non-hydrogen) atoms. The normalized spacial score (nSPS) is 25.7. The Morgan fingerprint density at radius 2 is 1.87 bits per heavy atom. The van der Waals surface area contributed by atoms with E-state index in [2.05, 4.69) is 18.5 Å². The summed E-state index contributed by atoms with van der Waals surface area (Å²) < 4.78 is 0. The zero-order valence-electron chi connectivity index (χ0n) is 9.93. The first-order valence-electron chi connectivity index (χ1n) is 6.47. The van der Waals surface area contributed by atoms with Crippen LogP contribution in [0.25, 0.3) is 0 Å². The maximum atomic E-state index is 10.6. The lowest BCUT2D eigenvalue weighted by Gasteiger charge is -2.11. The Hall–Kier alpha value is -0.370. The van der Waals surface area contributed by atoms with Gasteiger partial charge in [0.25, 0.3) is 0 Å². The molecule has 87 valence electrons. The molecule has 0 unspecified atom stereocenters. The van der Waals surface area contributed by atoms with E-state index in [1.54, 1.807) is 0 Å². The molecule has 2 nitrogen and oxygen atoms in total. The smallest absolute Gasteiger partial charge is 0.203 e. The minimum atomic E-state index is 0.167. The van der Waals surface area contributed by atoms with Crippen LogP contribution in [0.2, 0.25) is 0 Å². The highest BCUT2D eigenvalue weighted by molar-refractivity contribution is 5.56. The van der Waals surface area contributed by atoms with Crippen LogP contribution in [0.4, 0.5) is 0 Å². The summed E-state index contributed by atoms with van der Waals surface area (Å²) in [6, 6.07) is 0. The second-order valence-corrected chi connectivity index (χ2v) is 4.70. The fourth-order valence-electron chi connectivity index (χ4n) is 2.36. The van der Waals surface area contributed by atoms with Gasteiger partial charge in [0.1, 0.15) is 0 Å². The van der Waals surface area contributed by atoms with E-state index in [4.69, 9.17) is 0 Å². The monoisotopic (exact) mass is 210 g/mol. The second kappa shape index (κ2) is 7.86. The van der Waals surface area contributed by atoms with Crippen LogP contribution in [-0.2, 0) is 4.79 Å². The van der Waals surface area contributed by atoms with Gasteiger partial charge >= 0.3 is 0 Å². The molecular weight excluding hydrogens is 186 g/mol. The summed E-state index contributed by atoms with van der Waals surface area (Å²) in [6.45, 7) is 4.12. The van der Waals surface area contributed by atoms with E-state index in [1.807, 2.05) is 0 Å². The van der Waals surface area contributed by atoms with Crippen LogP contribution in [0, 0.1) is 11.8 Å². The van der Waals surface area contributed by atoms with Crippen molar-refractivity contribution in [2.75, 3.05) is 13.1 Å². The highest BCUT2D eigenvalue weighted by atomic mass is 16.1. The summed E-state index contributed by atoms with van der Waals surface area (Å²) in [4.78, 5) is 10.6. The summed E-state index contributed by atoms with van der Waals surface area (Å²) >= 11 is 0. The van der Waals surface area contributed by atoms with Gasteiger partial charge in [-0.3, -0.25) is 4.79 Å². The van der Waals surface area contributed by atoms with Crippen molar-refractivity contribution in [3.05, 3.63) is 0 Å². The predicted octanol–water partition coefficient (Wildman–Crippen LogP) is 2.68. The van der Waals surface area contributed by atoms with E-state index in [-0.39, 0.29) is 5.92 Å². The van der Waals surface area contributed by atoms with Crippen molar-refractivity contribution in [2.45, 2.75) is 51.9 Å². The van der Waals surface area contributed by atoms with Crippen molar-refractivity contribution in [1.29, 1.82) is 0 Å². The number of unbranched alkanes of at least 4 members (excludes halogenated alkanes) is 5. The molecule has 2 atom stereocenters. The Bertz CT molecular complexity index is 170. The van der Waals surface area contributed by atoms with E-state index in [9.17, 15) is 4.79 Å². The third-order valence-corrected chi connectivity index (χ3v) is 3.42. The summed E-state index contributed by atoms with van der Waals surface area (Å²) in [5.74, 6) is 0.731. The Morgan fingerprint density at radius 3 is 2.60 bits per heavy atom. The molecule has 1 fully saturated rings. The molecule has 0 aliphatic carbocycles. The Kier molecular flexibility index (Phi) is 6.66. The van der Waals surface area contributed by atoms with Crippen molar-refractivity contribution < 1.29 is 4.79 Å². The average molecular weight is 210 g/mol. The van der Waals surface area contributed by atoms with Crippen LogP contribution in [0.3, 0.4) is 0 Å². The van der Waals surface area contributed by atoms with Crippen LogP contribution in [0.1, 0.15) is 51.9 Å². The molecule has 0 spiro atoms. The Morgan fingerprint density at radius 1 is 1.13 bits per heavy atom. The van der Waals surface area contributed by atoms with E-state index < -0.39 is 0 Å². The molecule has 0 aromatic rings. The highest BCUT2D eigenvalue weighted by Crippen LogP contribution is 2.21. The first kappa shape index (κ1) is 12.7. The standard InChI is InChI=1S/C13H24NO/c1-2-3-4-5-6-7-8-12-9-14-10-13(12)11-15/h12-14H,2-10H2,1H3/t12-,13+/m0/s1. The molecule has 1 heterocycles. The molecule has 1 radical (unpaired) electrons. The van der Waals surface area contributed by atoms with Gasteiger partial charge in [-0.05, 0) is 18.9 Å². The molecule has 1 aliphatic rings. The molecule has 0 aromatic heterocycles. The first-order valence-corrected chi connectivity index (χ1v) is 6.47. The molecule has 1 N–H and O–H groups in total. The number of rotatable bonds is 8. The molecule has 0 saturated carbocycles. The van der Waals surface area contributed by atoms with E-state index in [1.165, 1.54) is 44.9 Å². The molecule has 1 saturated heterocycles. The molecule has 1 aliphatic heterocycles. The predicted molar refractivity (Wildman–Crippen MR) is 63.5 cm³/mol. The molecule has 0 bridgehead atoms. The van der Waals surface area contributed by atoms with Gasteiger partial charge in [0, 0.05) is 12.5 Å². The van der Waals surface area contributed by atoms with Gasteiger partial charge < -0.3 is 5.32 Å². The van der Waals surface area contributed by atoms with Crippen molar-refractivity contribution in [2.24, 2.45) is 11.8 Å². The lowest BCUT2D eigenvalue weighted by atomic mass is 9.91. The second-order valence-electron chi connectivity index (χ2n) is 4.70. The van der Waals surface area contributed by atoms with Gasteiger partial charge in [-0.1, -0.05) is 45.4 Å². The fourth-order valence-corrected chi connectivity index (χ4v) is 2.36. The maximum Gasteiger partial charge on any atom is 0.203 e. The molecular formula is C13H24NO. The van der Waals surface area contributed by atoms with E-state index in [0.717, 1.165) is 13.1 Å². The topological polar surface area (TPSA) is 29.1 Å². The Labute approximate surface area is 93.8 Å². The van der Waals surface area contributed by atoms with Crippen molar-refractivity contribution in [1.82, 2.24) is 5.32 Å². The SMILES string of the molecule is CCCCCCCC[C@H]1CNC[C@@H]1[C]=O. The summed E-state index contributed by atoms with van der Waals surface area (Å²) in [7, 11) is 0. The molecule has 2 heteroatoms. The number of nitrogens with one attached hydrogen (secondary N) is 1. The van der Waals surface area contributed by atoms with Gasteiger partial charge in [-0.25, -0.2) is 0 Å². The minimum absolute atomic E-state index is 0.167. The van der Waals surface area contributed by atoms with Crippen molar-refractivity contribution in [3.63, 3.8) is 0 Å². The summed E-state index contributed by atoms with van der Waals surface area (Å²) in [5.41, 5.74) is 0. The molecule has 1 rings (SSSR count). The zero-order valence-corrected chi connectivity index (χ0v) is 9.93. The highest BCUT2D eigenvalue weighted by Gasteiger charge is 2.26. The fraction of sp³-hybridized carbons (Fsp3) is 0.923. The van der Waals surface area contributed by atoms with Crippen LogP contribution < -0.4 is 5.32 Å². The van der Waals surface area contributed by atoms with Gasteiger partial charge in [0.15, 0.2) is 0 Å². The minimum Gasteiger partial charge on any atom is -0.316 e. The third-order valence-electron chi connectivity index (χ3n) is 3.42.